The number of benzene rings is 2. The Morgan fingerprint density at radius 2 is 1.65 bits per heavy atom. The third-order valence-electron chi connectivity index (χ3n) is 3.65. The molecule has 1 atom stereocenters. The van der Waals surface area contributed by atoms with Crippen molar-refractivity contribution < 1.29 is 19.0 Å². The van der Waals surface area contributed by atoms with E-state index in [2.05, 4.69) is 15.9 Å². The lowest BCUT2D eigenvalue weighted by Crippen LogP contribution is -2.17. The summed E-state index contributed by atoms with van der Waals surface area (Å²) in [4.78, 5) is 12.2. The van der Waals surface area contributed by atoms with Gasteiger partial charge in [-0.05, 0) is 41.8 Å². The monoisotopic (exact) mass is 378 g/mol. The normalized spacial score (nSPS) is 11.7. The SMILES string of the molecule is COC(=O)[C@H](Cc1ccc(OC)c(OC)c1)c1ccc(Br)cc1. The molecule has 0 N–H and O–H groups in total. The van der Waals surface area contributed by atoms with Gasteiger partial charge in [0.05, 0.1) is 27.2 Å². The van der Waals surface area contributed by atoms with Gasteiger partial charge in [-0.25, -0.2) is 0 Å². The molecule has 0 fully saturated rings. The standard InChI is InChI=1S/C18H19BrO4/c1-21-16-9-4-12(11-17(16)22-2)10-15(18(20)23-3)13-5-7-14(19)8-6-13/h4-9,11,15H,10H2,1-3H3/t15-/m1/s1. The third-order valence-corrected chi connectivity index (χ3v) is 4.17. The minimum Gasteiger partial charge on any atom is -0.493 e. The van der Waals surface area contributed by atoms with Gasteiger partial charge in [0.2, 0.25) is 0 Å². The summed E-state index contributed by atoms with van der Waals surface area (Å²) in [5.74, 6) is 0.673. The van der Waals surface area contributed by atoms with Crippen molar-refractivity contribution in [2.75, 3.05) is 21.3 Å². The Balaban J connectivity index is 2.31. The molecule has 0 saturated carbocycles. The van der Waals surface area contributed by atoms with E-state index in [-0.39, 0.29) is 11.9 Å². The van der Waals surface area contributed by atoms with E-state index in [0.29, 0.717) is 17.9 Å². The van der Waals surface area contributed by atoms with Crippen LogP contribution in [0.25, 0.3) is 0 Å². The van der Waals surface area contributed by atoms with Gasteiger partial charge in [0.1, 0.15) is 0 Å². The summed E-state index contributed by atoms with van der Waals surface area (Å²) in [6, 6.07) is 13.3. The molecule has 23 heavy (non-hydrogen) atoms. The maximum absolute atomic E-state index is 12.2. The Labute approximate surface area is 144 Å². The highest BCUT2D eigenvalue weighted by Crippen LogP contribution is 2.31. The Morgan fingerprint density at radius 1 is 1.00 bits per heavy atom. The van der Waals surface area contributed by atoms with Gasteiger partial charge < -0.3 is 14.2 Å². The highest BCUT2D eigenvalue weighted by Gasteiger charge is 2.22. The second-order valence-electron chi connectivity index (χ2n) is 5.02. The molecular formula is C18H19BrO4. The molecule has 122 valence electrons. The number of carbonyl (C=O) groups excluding carboxylic acids is 1. The summed E-state index contributed by atoms with van der Waals surface area (Å²) in [6.45, 7) is 0. The molecule has 0 aliphatic carbocycles. The molecule has 2 aromatic rings. The van der Waals surface area contributed by atoms with Crippen molar-refractivity contribution in [3.05, 3.63) is 58.1 Å². The van der Waals surface area contributed by atoms with E-state index < -0.39 is 0 Å². The molecule has 0 unspecified atom stereocenters. The fourth-order valence-electron chi connectivity index (χ4n) is 2.42. The van der Waals surface area contributed by atoms with Crippen molar-refractivity contribution in [3.8, 4) is 11.5 Å². The molecule has 0 saturated heterocycles. The first-order valence-electron chi connectivity index (χ1n) is 7.13. The molecular weight excluding hydrogens is 360 g/mol. The van der Waals surface area contributed by atoms with Gasteiger partial charge in [-0.3, -0.25) is 4.79 Å². The molecule has 2 rings (SSSR count). The first-order valence-corrected chi connectivity index (χ1v) is 7.92. The van der Waals surface area contributed by atoms with Crippen LogP contribution >= 0.6 is 15.9 Å². The largest absolute Gasteiger partial charge is 0.493 e. The first-order chi connectivity index (χ1) is 11.1. The molecule has 0 radical (unpaired) electrons. The average Bonchev–Trinajstić information content (AvgIpc) is 2.59. The highest BCUT2D eigenvalue weighted by molar-refractivity contribution is 9.10. The lowest BCUT2D eigenvalue weighted by atomic mass is 9.92. The van der Waals surface area contributed by atoms with Gasteiger partial charge >= 0.3 is 5.97 Å². The van der Waals surface area contributed by atoms with Crippen molar-refractivity contribution in [2.45, 2.75) is 12.3 Å². The molecule has 0 aromatic heterocycles. The lowest BCUT2D eigenvalue weighted by Gasteiger charge is -2.16. The summed E-state index contributed by atoms with van der Waals surface area (Å²) in [7, 11) is 4.59. The van der Waals surface area contributed by atoms with Crippen molar-refractivity contribution >= 4 is 21.9 Å². The van der Waals surface area contributed by atoms with Crippen LogP contribution in [0.2, 0.25) is 0 Å². The lowest BCUT2D eigenvalue weighted by molar-refractivity contribution is -0.142. The van der Waals surface area contributed by atoms with E-state index in [0.717, 1.165) is 15.6 Å². The molecule has 2 aromatic carbocycles. The van der Waals surface area contributed by atoms with Crippen molar-refractivity contribution in [3.63, 3.8) is 0 Å². The van der Waals surface area contributed by atoms with E-state index in [4.69, 9.17) is 14.2 Å². The smallest absolute Gasteiger partial charge is 0.313 e. The van der Waals surface area contributed by atoms with Crippen LogP contribution in [0.1, 0.15) is 17.0 Å². The maximum Gasteiger partial charge on any atom is 0.313 e. The molecule has 4 nitrogen and oxygen atoms in total. The van der Waals surface area contributed by atoms with E-state index in [9.17, 15) is 4.79 Å². The molecule has 0 heterocycles. The van der Waals surface area contributed by atoms with Crippen LogP contribution in [0.5, 0.6) is 11.5 Å². The molecule has 0 aliphatic rings. The number of hydrogen-bond acceptors (Lipinski definition) is 4. The molecule has 0 aliphatic heterocycles. The maximum atomic E-state index is 12.2. The number of ether oxygens (including phenoxy) is 3. The number of rotatable bonds is 6. The Morgan fingerprint density at radius 3 is 2.22 bits per heavy atom. The van der Waals surface area contributed by atoms with Gasteiger partial charge in [0.15, 0.2) is 11.5 Å². The Hall–Kier alpha value is -2.01. The van der Waals surface area contributed by atoms with Crippen molar-refractivity contribution in [2.24, 2.45) is 0 Å². The van der Waals surface area contributed by atoms with Gasteiger partial charge in [-0.2, -0.15) is 0 Å². The molecule has 5 heteroatoms. The average molecular weight is 379 g/mol. The first kappa shape index (κ1) is 17.3. The summed E-state index contributed by atoms with van der Waals surface area (Å²) < 4.78 is 16.5. The molecule has 0 bridgehead atoms. The quantitative estimate of drug-likeness (QED) is 0.713. The zero-order valence-electron chi connectivity index (χ0n) is 13.3. The van der Waals surface area contributed by atoms with E-state index in [1.54, 1.807) is 14.2 Å². The highest BCUT2D eigenvalue weighted by atomic mass is 79.9. The van der Waals surface area contributed by atoms with Crippen LogP contribution < -0.4 is 9.47 Å². The van der Waals surface area contributed by atoms with Crippen molar-refractivity contribution in [1.82, 2.24) is 0 Å². The van der Waals surface area contributed by atoms with Crippen LogP contribution in [0, 0.1) is 0 Å². The predicted molar refractivity (Wildman–Crippen MR) is 92.1 cm³/mol. The third kappa shape index (κ3) is 4.26. The summed E-state index contributed by atoms with van der Waals surface area (Å²) in [5, 5.41) is 0. The van der Waals surface area contributed by atoms with Gasteiger partial charge in [0.25, 0.3) is 0 Å². The number of hydrogen-bond donors (Lipinski definition) is 0. The van der Waals surface area contributed by atoms with Gasteiger partial charge in [-0.15, -0.1) is 0 Å². The summed E-state index contributed by atoms with van der Waals surface area (Å²) in [6.07, 6.45) is 0.522. The zero-order chi connectivity index (χ0) is 16.8. The fraction of sp³-hybridized carbons (Fsp3) is 0.278. The van der Waals surface area contributed by atoms with Crippen molar-refractivity contribution in [1.29, 1.82) is 0 Å². The summed E-state index contributed by atoms with van der Waals surface area (Å²) in [5.41, 5.74) is 1.89. The van der Waals surface area contributed by atoms with Crippen LogP contribution in [-0.4, -0.2) is 27.3 Å². The minimum absolute atomic E-state index is 0.262. The number of esters is 1. The van der Waals surface area contributed by atoms with Crippen LogP contribution in [0.15, 0.2) is 46.9 Å². The van der Waals surface area contributed by atoms with Gasteiger partial charge in [-0.1, -0.05) is 34.1 Å². The number of carbonyl (C=O) groups is 1. The second-order valence-corrected chi connectivity index (χ2v) is 5.94. The Bertz CT molecular complexity index is 667. The molecule has 0 spiro atoms. The van der Waals surface area contributed by atoms with E-state index in [1.165, 1.54) is 7.11 Å². The van der Waals surface area contributed by atoms with E-state index in [1.807, 2.05) is 42.5 Å². The van der Waals surface area contributed by atoms with Crippen LogP contribution in [-0.2, 0) is 16.0 Å². The molecule has 0 amide bonds. The second kappa shape index (κ2) is 8.02. The summed E-state index contributed by atoms with van der Waals surface area (Å²) >= 11 is 3.40. The fourth-order valence-corrected chi connectivity index (χ4v) is 2.68. The topological polar surface area (TPSA) is 44.8 Å². The van der Waals surface area contributed by atoms with Gasteiger partial charge in [0, 0.05) is 4.47 Å². The van der Waals surface area contributed by atoms with Crippen LogP contribution in [0.3, 0.4) is 0 Å². The number of methoxy groups -OCH3 is 3. The number of halogens is 1. The zero-order valence-corrected chi connectivity index (χ0v) is 14.9. The minimum atomic E-state index is -0.369. The Kier molecular flexibility index (Phi) is 6.04. The predicted octanol–water partition coefficient (Wildman–Crippen LogP) is 3.97. The van der Waals surface area contributed by atoms with E-state index >= 15 is 0 Å². The van der Waals surface area contributed by atoms with Crippen LogP contribution in [0.4, 0.5) is 0 Å².